The van der Waals surface area contributed by atoms with Crippen molar-refractivity contribution in [1.82, 2.24) is 0 Å². The van der Waals surface area contributed by atoms with Crippen LogP contribution in [0.15, 0.2) is 64.4 Å². The molecule has 0 saturated carbocycles. The topological polar surface area (TPSA) is 126 Å². The van der Waals surface area contributed by atoms with Crippen LogP contribution in [-0.2, 0) is 0 Å². The van der Waals surface area contributed by atoms with Crippen LogP contribution < -0.4 is 0 Å². The number of aliphatic hydroxyl groups is 3. The smallest absolute Gasteiger partial charge is 0.194 e. The highest BCUT2D eigenvalue weighted by Crippen LogP contribution is 2.26. The lowest BCUT2D eigenvalue weighted by molar-refractivity contribution is -0.131. The molecule has 0 heterocycles. The van der Waals surface area contributed by atoms with Gasteiger partial charge in [0.15, 0.2) is 5.79 Å². The van der Waals surface area contributed by atoms with Crippen molar-refractivity contribution in [2.24, 2.45) is 22.1 Å². The summed E-state index contributed by atoms with van der Waals surface area (Å²) in [6.07, 6.45) is 21.5. The van der Waals surface area contributed by atoms with Crippen LogP contribution in [0.1, 0.15) is 116 Å². The van der Waals surface area contributed by atoms with Gasteiger partial charge in [0.1, 0.15) is 0 Å². The second-order valence-corrected chi connectivity index (χ2v) is 11.1. The predicted octanol–water partition coefficient (Wildman–Crippen LogP) is 7.60. The predicted molar refractivity (Wildman–Crippen MR) is 164 cm³/mol. The van der Waals surface area contributed by atoms with Gasteiger partial charge in [-0.1, -0.05) is 125 Å². The number of hydrogen-bond acceptors (Lipinski definition) is 7. The zero-order chi connectivity index (χ0) is 29.6. The van der Waals surface area contributed by atoms with E-state index in [0.717, 1.165) is 61.6 Å². The first-order valence-corrected chi connectivity index (χ1v) is 15.2. The second kappa shape index (κ2) is 21.3. The lowest BCUT2D eigenvalue weighted by Gasteiger charge is -2.26. The lowest BCUT2D eigenvalue weighted by Crippen LogP contribution is -2.37. The van der Waals surface area contributed by atoms with Gasteiger partial charge in [-0.15, -0.1) is 5.16 Å². The Morgan fingerprint density at radius 3 is 2.15 bits per heavy atom. The fourth-order valence-electron chi connectivity index (χ4n) is 4.87. The normalized spacial score (nSPS) is 18.2. The number of unbranched alkanes of at least 4 members (excludes halogenated alkanes) is 7. The first-order chi connectivity index (χ1) is 19.3. The SMILES string of the molecule is CCCCC(CCC(C)O)CC(=NO)c1ccccc1.CCCCCCCCCC1=CC(C=NO)C(O)(O)C=C1. The number of oxime groups is 2. The zero-order valence-corrected chi connectivity index (χ0v) is 25.0. The molecule has 0 aliphatic heterocycles. The maximum atomic E-state index is 9.70. The molecular formula is C33H54N2O5. The Labute approximate surface area is 242 Å². The van der Waals surface area contributed by atoms with Gasteiger partial charge >= 0.3 is 0 Å². The van der Waals surface area contributed by atoms with E-state index in [0.29, 0.717) is 5.92 Å². The highest BCUT2D eigenvalue weighted by Gasteiger charge is 2.31. The molecule has 1 aliphatic rings. The van der Waals surface area contributed by atoms with Crippen LogP contribution in [0.2, 0.25) is 0 Å². The van der Waals surface area contributed by atoms with E-state index in [1.54, 1.807) is 12.2 Å². The molecule has 0 radical (unpaired) electrons. The van der Waals surface area contributed by atoms with Crippen LogP contribution >= 0.6 is 0 Å². The van der Waals surface area contributed by atoms with Crippen molar-refractivity contribution in [3.8, 4) is 0 Å². The quantitative estimate of drug-likeness (QED) is 0.0417. The molecular weight excluding hydrogens is 504 g/mol. The standard InChI is InChI=1S/C17H27NO2.C16H27NO3/c1-3-4-8-15(12-11-14(2)19)13-17(18-20)16-9-6-5-7-10-16;1-2-3-4-5-6-7-8-9-14-10-11-16(18,19)15(12-14)13-17-20/h5-7,9-10,14-15,19-20H,3-4,8,11-13H2,1-2H3;10-13,15,18-20H,2-9H2,1H3. The fraction of sp³-hybridized carbons (Fsp3) is 0.636. The molecule has 5 N–H and O–H groups in total. The van der Waals surface area contributed by atoms with Gasteiger partial charge in [-0.25, -0.2) is 0 Å². The summed E-state index contributed by atoms with van der Waals surface area (Å²) in [6.45, 7) is 6.23. The zero-order valence-electron chi connectivity index (χ0n) is 25.0. The van der Waals surface area contributed by atoms with Gasteiger partial charge in [0, 0.05) is 0 Å². The van der Waals surface area contributed by atoms with Gasteiger partial charge < -0.3 is 25.7 Å². The lowest BCUT2D eigenvalue weighted by atomic mass is 9.89. The first-order valence-electron chi connectivity index (χ1n) is 15.2. The Morgan fingerprint density at radius 1 is 0.900 bits per heavy atom. The Morgan fingerprint density at radius 2 is 1.55 bits per heavy atom. The molecule has 226 valence electrons. The number of hydrogen-bond donors (Lipinski definition) is 5. The second-order valence-electron chi connectivity index (χ2n) is 11.1. The number of nitrogens with zero attached hydrogens (tertiary/aromatic N) is 2. The summed E-state index contributed by atoms with van der Waals surface area (Å²) in [6, 6.07) is 9.82. The third kappa shape index (κ3) is 15.3. The number of benzene rings is 1. The average molecular weight is 559 g/mol. The molecule has 7 heteroatoms. The van der Waals surface area contributed by atoms with Crippen LogP contribution in [0.4, 0.5) is 0 Å². The molecule has 0 saturated heterocycles. The number of aliphatic hydroxyl groups excluding tert-OH is 1. The monoisotopic (exact) mass is 558 g/mol. The minimum atomic E-state index is -1.95. The van der Waals surface area contributed by atoms with Crippen molar-refractivity contribution in [1.29, 1.82) is 0 Å². The summed E-state index contributed by atoms with van der Waals surface area (Å²) >= 11 is 0. The Bertz CT molecular complexity index is 893. The van der Waals surface area contributed by atoms with Gasteiger partial charge in [0.25, 0.3) is 0 Å². The van der Waals surface area contributed by atoms with Crippen LogP contribution in [0, 0.1) is 11.8 Å². The highest BCUT2D eigenvalue weighted by atomic mass is 16.5. The summed E-state index contributed by atoms with van der Waals surface area (Å²) in [5.41, 5.74) is 2.80. The number of rotatable bonds is 18. The number of allylic oxidation sites excluding steroid dienone is 2. The van der Waals surface area contributed by atoms with Crippen LogP contribution in [-0.4, -0.2) is 49.6 Å². The Hall–Kier alpha value is -2.48. The van der Waals surface area contributed by atoms with E-state index >= 15 is 0 Å². The van der Waals surface area contributed by atoms with E-state index in [2.05, 4.69) is 24.2 Å². The van der Waals surface area contributed by atoms with Crippen molar-refractivity contribution in [3.05, 3.63) is 59.7 Å². The van der Waals surface area contributed by atoms with E-state index in [-0.39, 0.29) is 6.10 Å². The molecule has 0 bridgehead atoms. The molecule has 0 spiro atoms. The van der Waals surface area contributed by atoms with Crippen molar-refractivity contribution in [2.45, 2.75) is 123 Å². The Balaban J connectivity index is 0.000000400. The third-order valence-electron chi connectivity index (χ3n) is 7.39. The molecule has 7 nitrogen and oxygen atoms in total. The molecule has 3 atom stereocenters. The largest absolute Gasteiger partial charge is 0.411 e. The molecule has 40 heavy (non-hydrogen) atoms. The molecule has 0 fully saturated rings. The van der Waals surface area contributed by atoms with Crippen LogP contribution in [0.25, 0.3) is 0 Å². The van der Waals surface area contributed by atoms with Gasteiger partial charge in [-0.2, -0.15) is 0 Å². The molecule has 1 aromatic carbocycles. The molecule has 3 unspecified atom stereocenters. The summed E-state index contributed by atoms with van der Waals surface area (Å²) in [4.78, 5) is 0. The summed E-state index contributed by atoms with van der Waals surface area (Å²) in [5.74, 6) is -2.16. The average Bonchev–Trinajstić information content (AvgIpc) is 2.94. The maximum absolute atomic E-state index is 9.70. The fourth-order valence-corrected chi connectivity index (χ4v) is 4.87. The summed E-state index contributed by atoms with van der Waals surface area (Å²) in [5, 5.41) is 53.1. The first kappa shape index (κ1) is 35.5. The van der Waals surface area contributed by atoms with Crippen LogP contribution in [0.5, 0.6) is 0 Å². The highest BCUT2D eigenvalue weighted by molar-refractivity contribution is 6.00. The van der Waals surface area contributed by atoms with E-state index in [1.165, 1.54) is 57.4 Å². The minimum Gasteiger partial charge on any atom is -0.411 e. The van der Waals surface area contributed by atoms with Gasteiger partial charge in [-0.3, -0.25) is 0 Å². The summed E-state index contributed by atoms with van der Waals surface area (Å²) < 4.78 is 0. The van der Waals surface area contributed by atoms with Gasteiger partial charge in [0.2, 0.25) is 0 Å². The van der Waals surface area contributed by atoms with Crippen molar-refractivity contribution >= 4 is 11.9 Å². The van der Waals surface area contributed by atoms with E-state index in [9.17, 15) is 20.5 Å². The van der Waals surface area contributed by atoms with Gasteiger partial charge in [0.05, 0.1) is 23.9 Å². The molecule has 0 amide bonds. The minimum absolute atomic E-state index is 0.259. The maximum Gasteiger partial charge on any atom is 0.194 e. The van der Waals surface area contributed by atoms with Crippen LogP contribution in [0.3, 0.4) is 0 Å². The van der Waals surface area contributed by atoms with E-state index in [1.807, 2.05) is 37.3 Å². The van der Waals surface area contributed by atoms with E-state index in [4.69, 9.17) is 5.21 Å². The molecule has 2 rings (SSSR count). The summed E-state index contributed by atoms with van der Waals surface area (Å²) in [7, 11) is 0. The van der Waals surface area contributed by atoms with Crippen molar-refractivity contribution in [2.75, 3.05) is 0 Å². The molecule has 1 aromatic rings. The van der Waals surface area contributed by atoms with Gasteiger partial charge in [-0.05, 0) is 56.6 Å². The third-order valence-corrected chi connectivity index (χ3v) is 7.39. The van der Waals surface area contributed by atoms with E-state index < -0.39 is 11.7 Å². The Kier molecular flexibility index (Phi) is 18.9. The van der Waals surface area contributed by atoms with Crippen molar-refractivity contribution < 1.29 is 25.7 Å². The molecule has 0 aromatic heterocycles. The van der Waals surface area contributed by atoms with Crippen molar-refractivity contribution in [3.63, 3.8) is 0 Å². The molecule has 1 aliphatic carbocycles.